The maximum atomic E-state index is 10.4. The van der Waals surface area contributed by atoms with Gasteiger partial charge in [0.1, 0.15) is 0 Å². The maximum Gasteiger partial charge on any atom is 0.245 e. The lowest BCUT2D eigenvalue weighted by molar-refractivity contribution is -0.120. The van der Waals surface area contributed by atoms with Crippen LogP contribution in [0.4, 0.5) is 0 Å². The molecule has 0 aromatic carbocycles. The first-order chi connectivity index (χ1) is 4.16. The molecule has 0 aliphatic heterocycles. The largest absolute Gasteiger partial charge is 0.352 e. The number of carbonyl (C=O) groups is 1. The molecule has 4 nitrogen and oxygen atoms in total. The highest BCUT2D eigenvalue weighted by molar-refractivity contribution is 5.78. The zero-order chi connectivity index (χ0) is 7.28. The Bertz CT molecular complexity index is 112. The first-order valence-corrected chi connectivity index (χ1v) is 2.75. The molecule has 1 amide bonds. The van der Waals surface area contributed by atoms with Gasteiger partial charge in [-0.25, -0.2) is 0 Å². The lowest BCUT2D eigenvalue weighted by Crippen LogP contribution is -2.31. The Morgan fingerprint density at radius 2 is 2.22 bits per heavy atom. The quantitative estimate of drug-likeness (QED) is 0.558. The van der Waals surface area contributed by atoms with E-state index < -0.39 is 0 Å². The molecule has 0 rings (SSSR count). The van der Waals surface area contributed by atoms with Crippen molar-refractivity contribution in [1.29, 1.82) is 0 Å². The average molecular weight is 130 g/mol. The summed E-state index contributed by atoms with van der Waals surface area (Å²) in [6.45, 7) is 3.36. The summed E-state index contributed by atoms with van der Waals surface area (Å²) in [5, 5.41) is 4.94. The molecule has 0 spiro atoms. The van der Waals surface area contributed by atoms with Crippen molar-refractivity contribution in [3.05, 3.63) is 4.91 Å². The lowest BCUT2D eigenvalue weighted by atomic mass is 10.4. The van der Waals surface area contributed by atoms with Crippen LogP contribution in [0.5, 0.6) is 0 Å². The summed E-state index contributed by atoms with van der Waals surface area (Å²) in [6, 6.07) is 0.0826. The Kier molecular flexibility index (Phi) is 3.59. The van der Waals surface area contributed by atoms with Crippen molar-refractivity contribution in [3.8, 4) is 0 Å². The summed E-state index contributed by atoms with van der Waals surface area (Å²) in [5.74, 6) is -0.319. The molecule has 0 unspecified atom stereocenters. The standard InChI is InChI=1S/C5H10N2O2/c1-4(2)7-5(8)3-6-9/h4H,3H2,1-2H3,(H,7,8). The zero-order valence-corrected chi connectivity index (χ0v) is 5.55. The summed E-state index contributed by atoms with van der Waals surface area (Å²) in [4.78, 5) is 19.9. The zero-order valence-electron chi connectivity index (χ0n) is 5.55. The Balaban J connectivity index is 3.38. The van der Waals surface area contributed by atoms with Gasteiger partial charge in [0.15, 0.2) is 6.54 Å². The third kappa shape index (κ3) is 4.93. The summed E-state index contributed by atoms with van der Waals surface area (Å²) < 4.78 is 0. The highest BCUT2D eigenvalue weighted by atomic mass is 16.3. The molecule has 0 saturated heterocycles. The van der Waals surface area contributed by atoms with Crippen LogP contribution in [0.3, 0.4) is 0 Å². The van der Waals surface area contributed by atoms with Crippen LogP contribution in [-0.4, -0.2) is 18.5 Å². The van der Waals surface area contributed by atoms with Crippen LogP contribution in [0.15, 0.2) is 5.18 Å². The molecular weight excluding hydrogens is 120 g/mol. The third-order valence-corrected chi connectivity index (χ3v) is 0.658. The van der Waals surface area contributed by atoms with Crippen LogP contribution in [0.25, 0.3) is 0 Å². The fourth-order valence-electron chi connectivity index (χ4n) is 0.426. The predicted molar refractivity (Wildman–Crippen MR) is 33.9 cm³/mol. The monoisotopic (exact) mass is 130 g/mol. The summed E-state index contributed by atoms with van der Waals surface area (Å²) in [5.41, 5.74) is 0. The van der Waals surface area contributed by atoms with Crippen LogP contribution in [0, 0.1) is 4.91 Å². The molecule has 0 fully saturated rings. The third-order valence-electron chi connectivity index (χ3n) is 0.658. The van der Waals surface area contributed by atoms with E-state index in [0.29, 0.717) is 0 Å². The van der Waals surface area contributed by atoms with Crippen LogP contribution in [0.2, 0.25) is 0 Å². The number of amides is 1. The van der Waals surface area contributed by atoms with Crippen molar-refractivity contribution in [3.63, 3.8) is 0 Å². The molecule has 9 heavy (non-hydrogen) atoms. The van der Waals surface area contributed by atoms with Gasteiger partial charge >= 0.3 is 0 Å². The number of nitrogens with zero attached hydrogens (tertiary/aromatic N) is 1. The lowest BCUT2D eigenvalue weighted by Gasteiger charge is -2.03. The number of nitroso groups, excluding NO2 is 1. The van der Waals surface area contributed by atoms with Crippen molar-refractivity contribution in [2.45, 2.75) is 19.9 Å². The van der Waals surface area contributed by atoms with Gasteiger partial charge in [-0.05, 0) is 13.8 Å². The van der Waals surface area contributed by atoms with Crippen molar-refractivity contribution < 1.29 is 4.79 Å². The van der Waals surface area contributed by atoms with E-state index in [1.54, 1.807) is 0 Å². The second-order valence-corrected chi connectivity index (χ2v) is 2.01. The van der Waals surface area contributed by atoms with E-state index in [1.165, 1.54) is 0 Å². The molecule has 0 heterocycles. The first kappa shape index (κ1) is 8.07. The molecule has 0 atom stereocenters. The van der Waals surface area contributed by atoms with E-state index in [2.05, 4.69) is 10.5 Å². The molecule has 0 radical (unpaired) electrons. The second kappa shape index (κ2) is 4.00. The number of nitrogens with one attached hydrogen (secondary N) is 1. The maximum absolute atomic E-state index is 10.4. The average Bonchev–Trinajstić information content (AvgIpc) is 1.63. The van der Waals surface area contributed by atoms with E-state index in [0.717, 1.165) is 0 Å². The van der Waals surface area contributed by atoms with Crippen LogP contribution >= 0.6 is 0 Å². The van der Waals surface area contributed by atoms with E-state index >= 15 is 0 Å². The van der Waals surface area contributed by atoms with Gasteiger partial charge in [0.2, 0.25) is 5.91 Å². The van der Waals surface area contributed by atoms with Crippen LogP contribution in [-0.2, 0) is 4.79 Å². The summed E-state index contributed by atoms with van der Waals surface area (Å²) in [6.07, 6.45) is 0. The first-order valence-electron chi connectivity index (χ1n) is 2.75. The highest BCUT2D eigenvalue weighted by Crippen LogP contribution is 1.76. The molecule has 1 N–H and O–H groups in total. The Hall–Kier alpha value is -0.930. The van der Waals surface area contributed by atoms with Crippen molar-refractivity contribution in [2.75, 3.05) is 6.54 Å². The van der Waals surface area contributed by atoms with Gasteiger partial charge < -0.3 is 5.32 Å². The predicted octanol–water partition coefficient (Wildman–Crippen LogP) is 0.277. The molecule has 0 bridgehead atoms. The Labute approximate surface area is 53.6 Å². The van der Waals surface area contributed by atoms with Crippen LogP contribution < -0.4 is 5.32 Å². The van der Waals surface area contributed by atoms with Crippen molar-refractivity contribution in [1.82, 2.24) is 5.32 Å². The fourth-order valence-corrected chi connectivity index (χ4v) is 0.426. The molecule has 52 valence electrons. The van der Waals surface area contributed by atoms with E-state index in [9.17, 15) is 9.70 Å². The minimum atomic E-state index is -0.319. The smallest absolute Gasteiger partial charge is 0.245 e. The highest BCUT2D eigenvalue weighted by Gasteiger charge is 2.00. The van der Waals surface area contributed by atoms with E-state index in [4.69, 9.17) is 0 Å². The molecule has 0 aliphatic rings. The van der Waals surface area contributed by atoms with Crippen LogP contribution in [0.1, 0.15) is 13.8 Å². The van der Waals surface area contributed by atoms with Crippen molar-refractivity contribution >= 4 is 5.91 Å². The second-order valence-electron chi connectivity index (χ2n) is 2.01. The molecule has 0 aromatic heterocycles. The Morgan fingerprint density at radius 1 is 1.67 bits per heavy atom. The van der Waals surface area contributed by atoms with Gasteiger partial charge in [0, 0.05) is 6.04 Å². The van der Waals surface area contributed by atoms with Gasteiger partial charge in [0.25, 0.3) is 0 Å². The molecule has 0 saturated carbocycles. The normalized spacial score (nSPS) is 9.22. The minimum absolute atomic E-state index is 0.0826. The topological polar surface area (TPSA) is 58.5 Å². The van der Waals surface area contributed by atoms with E-state index in [1.807, 2.05) is 13.8 Å². The fraction of sp³-hybridized carbons (Fsp3) is 0.800. The SMILES string of the molecule is CC(C)NC(=O)CN=O. The van der Waals surface area contributed by atoms with Crippen molar-refractivity contribution in [2.24, 2.45) is 5.18 Å². The van der Waals surface area contributed by atoms with Gasteiger partial charge in [-0.1, -0.05) is 5.18 Å². The van der Waals surface area contributed by atoms with Gasteiger partial charge in [-0.2, -0.15) is 4.91 Å². The minimum Gasteiger partial charge on any atom is -0.352 e. The number of rotatable bonds is 3. The Morgan fingerprint density at radius 3 is 2.56 bits per heavy atom. The van der Waals surface area contributed by atoms with E-state index in [-0.39, 0.29) is 18.5 Å². The molecular formula is C5H10N2O2. The summed E-state index contributed by atoms with van der Waals surface area (Å²) in [7, 11) is 0. The number of carbonyl (C=O) groups excluding carboxylic acids is 1. The van der Waals surface area contributed by atoms with Gasteiger partial charge in [-0.3, -0.25) is 4.79 Å². The van der Waals surface area contributed by atoms with Gasteiger partial charge in [0.05, 0.1) is 0 Å². The van der Waals surface area contributed by atoms with Gasteiger partial charge in [-0.15, -0.1) is 0 Å². The molecule has 0 aromatic rings. The summed E-state index contributed by atoms with van der Waals surface area (Å²) >= 11 is 0. The number of hydrogen-bond donors (Lipinski definition) is 1. The number of hydrogen-bond acceptors (Lipinski definition) is 3. The molecule has 0 aliphatic carbocycles. The molecule has 4 heteroatoms.